The van der Waals surface area contributed by atoms with E-state index in [4.69, 9.17) is 11.6 Å². The molecule has 2 aromatic rings. The predicted molar refractivity (Wildman–Crippen MR) is 82.1 cm³/mol. The molecule has 2 N–H and O–H groups in total. The van der Waals surface area contributed by atoms with Crippen LogP contribution in [0.25, 0.3) is 0 Å². The average Bonchev–Trinajstić information content (AvgIpc) is 2.94. The molecule has 0 fully saturated rings. The van der Waals surface area contributed by atoms with Crippen LogP contribution in [0.1, 0.15) is 31.2 Å². The molecule has 0 saturated carbocycles. The van der Waals surface area contributed by atoms with E-state index in [1.807, 2.05) is 38.1 Å². The summed E-state index contributed by atoms with van der Waals surface area (Å²) in [5.41, 5.74) is 0.978. The molecule has 1 aromatic carbocycles. The third-order valence-corrected chi connectivity index (χ3v) is 3.56. The number of H-pyrrole nitrogens is 1. The van der Waals surface area contributed by atoms with Crippen molar-refractivity contribution in [1.29, 1.82) is 0 Å². The van der Waals surface area contributed by atoms with Gasteiger partial charge < -0.3 is 5.32 Å². The average molecular weight is 307 g/mol. The molecule has 0 aliphatic carbocycles. The number of aromatic amines is 1. The van der Waals surface area contributed by atoms with Crippen molar-refractivity contribution in [3.63, 3.8) is 0 Å². The van der Waals surface area contributed by atoms with E-state index in [0.29, 0.717) is 18.0 Å². The Kier molecular flexibility index (Phi) is 5.33. The van der Waals surface area contributed by atoms with Crippen molar-refractivity contribution in [2.75, 3.05) is 6.54 Å². The quantitative estimate of drug-likeness (QED) is 0.861. The third-order valence-electron chi connectivity index (χ3n) is 3.30. The summed E-state index contributed by atoms with van der Waals surface area (Å²) in [6, 6.07) is 7.44. The van der Waals surface area contributed by atoms with E-state index in [0.717, 1.165) is 11.4 Å². The predicted octanol–water partition coefficient (Wildman–Crippen LogP) is 2.56. The summed E-state index contributed by atoms with van der Waals surface area (Å²) in [5, 5.41) is 10.2. The van der Waals surface area contributed by atoms with Crippen molar-refractivity contribution in [3.8, 4) is 0 Å². The molecule has 21 heavy (non-hydrogen) atoms. The van der Waals surface area contributed by atoms with Crippen LogP contribution in [0.5, 0.6) is 0 Å². The molecule has 0 aliphatic rings. The van der Waals surface area contributed by atoms with E-state index in [2.05, 4.69) is 20.5 Å². The van der Waals surface area contributed by atoms with E-state index in [1.165, 1.54) is 6.33 Å². The highest BCUT2D eigenvalue weighted by molar-refractivity contribution is 6.30. The first kappa shape index (κ1) is 15.5. The van der Waals surface area contributed by atoms with Crippen molar-refractivity contribution < 1.29 is 4.79 Å². The van der Waals surface area contributed by atoms with Crippen LogP contribution in [0.4, 0.5) is 0 Å². The number of rotatable bonds is 6. The summed E-state index contributed by atoms with van der Waals surface area (Å²) in [5.74, 6) is 0.808. The van der Waals surface area contributed by atoms with Crippen LogP contribution >= 0.6 is 11.6 Å². The van der Waals surface area contributed by atoms with Gasteiger partial charge in [0.05, 0.1) is 5.92 Å². The molecular weight excluding hydrogens is 288 g/mol. The Bertz CT molecular complexity index is 566. The topological polar surface area (TPSA) is 70.7 Å². The van der Waals surface area contributed by atoms with Gasteiger partial charge in [0.2, 0.25) is 5.91 Å². The highest BCUT2D eigenvalue weighted by Crippen LogP contribution is 2.25. The summed E-state index contributed by atoms with van der Waals surface area (Å²) in [6.45, 7) is 4.61. The lowest BCUT2D eigenvalue weighted by atomic mass is 9.87. The number of amides is 1. The van der Waals surface area contributed by atoms with Gasteiger partial charge in [0, 0.05) is 18.0 Å². The lowest BCUT2D eigenvalue weighted by Gasteiger charge is -2.20. The summed E-state index contributed by atoms with van der Waals surface area (Å²) in [7, 11) is 0. The van der Waals surface area contributed by atoms with Crippen LogP contribution in [0.3, 0.4) is 0 Å². The summed E-state index contributed by atoms with van der Waals surface area (Å²) in [6.07, 6.45) is 2.10. The zero-order valence-corrected chi connectivity index (χ0v) is 12.9. The lowest BCUT2D eigenvalue weighted by Crippen LogP contribution is -2.33. The fraction of sp³-hybridized carbons (Fsp3) is 0.400. The summed E-state index contributed by atoms with van der Waals surface area (Å²) < 4.78 is 0. The van der Waals surface area contributed by atoms with Crippen molar-refractivity contribution in [2.45, 2.75) is 26.2 Å². The Morgan fingerprint density at radius 1 is 1.33 bits per heavy atom. The van der Waals surface area contributed by atoms with Crippen LogP contribution in [0.15, 0.2) is 30.6 Å². The van der Waals surface area contributed by atoms with Crippen molar-refractivity contribution in [1.82, 2.24) is 20.5 Å². The van der Waals surface area contributed by atoms with Gasteiger partial charge >= 0.3 is 0 Å². The Balaban J connectivity index is 1.97. The monoisotopic (exact) mass is 306 g/mol. The zero-order valence-electron chi connectivity index (χ0n) is 12.1. The van der Waals surface area contributed by atoms with Crippen LogP contribution in [0, 0.1) is 5.92 Å². The van der Waals surface area contributed by atoms with Gasteiger partial charge in [-0.1, -0.05) is 37.6 Å². The Morgan fingerprint density at radius 2 is 2.05 bits per heavy atom. The molecule has 5 nitrogen and oxygen atoms in total. The number of aromatic nitrogens is 3. The maximum Gasteiger partial charge on any atom is 0.227 e. The molecule has 0 aliphatic heterocycles. The Labute approximate surface area is 129 Å². The molecule has 1 aromatic heterocycles. The van der Waals surface area contributed by atoms with Gasteiger partial charge in [0.25, 0.3) is 0 Å². The van der Waals surface area contributed by atoms with Gasteiger partial charge in [-0.3, -0.25) is 9.89 Å². The molecule has 1 atom stereocenters. The second kappa shape index (κ2) is 7.22. The first-order chi connectivity index (χ1) is 10.1. The highest BCUT2D eigenvalue weighted by atomic mass is 35.5. The van der Waals surface area contributed by atoms with Gasteiger partial charge in [-0.25, -0.2) is 4.98 Å². The summed E-state index contributed by atoms with van der Waals surface area (Å²) in [4.78, 5) is 16.4. The first-order valence-corrected chi connectivity index (χ1v) is 7.33. The minimum atomic E-state index is -0.183. The molecule has 1 heterocycles. The van der Waals surface area contributed by atoms with Crippen LogP contribution in [-0.2, 0) is 11.2 Å². The second-order valence-corrected chi connectivity index (χ2v) is 5.68. The molecule has 1 unspecified atom stereocenters. The maximum absolute atomic E-state index is 12.4. The molecule has 0 spiro atoms. The Hall–Kier alpha value is -1.88. The second-order valence-electron chi connectivity index (χ2n) is 5.25. The van der Waals surface area contributed by atoms with Crippen molar-refractivity contribution in [3.05, 3.63) is 47.0 Å². The van der Waals surface area contributed by atoms with E-state index < -0.39 is 0 Å². The first-order valence-electron chi connectivity index (χ1n) is 6.95. The summed E-state index contributed by atoms with van der Waals surface area (Å²) >= 11 is 5.90. The molecular formula is C15H19ClN4O. The number of carbonyl (C=O) groups is 1. The largest absolute Gasteiger partial charge is 0.355 e. The molecule has 2 rings (SSSR count). The van der Waals surface area contributed by atoms with E-state index >= 15 is 0 Å². The fourth-order valence-corrected chi connectivity index (χ4v) is 2.40. The SMILES string of the molecule is CC(C)C(C(=O)NCCc1ncn[nH]1)c1ccc(Cl)cc1. The van der Waals surface area contributed by atoms with Crippen LogP contribution in [0.2, 0.25) is 5.02 Å². The molecule has 1 amide bonds. The molecule has 0 radical (unpaired) electrons. The zero-order chi connectivity index (χ0) is 15.2. The van der Waals surface area contributed by atoms with Gasteiger partial charge in [0.15, 0.2) is 0 Å². The van der Waals surface area contributed by atoms with Gasteiger partial charge in [0.1, 0.15) is 12.2 Å². The maximum atomic E-state index is 12.4. The van der Waals surface area contributed by atoms with Crippen molar-refractivity contribution in [2.24, 2.45) is 5.92 Å². The molecule has 0 bridgehead atoms. The fourth-order valence-electron chi connectivity index (χ4n) is 2.27. The van der Waals surface area contributed by atoms with Gasteiger partial charge in [-0.2, -0.15) is 5.10 Å². The Morgan fingerprint density at radius 3 is 2.62 bits per heavy atom. The van der Waals surface area contributed by atoms with E-state index in [9.17, 15) is 4.79 Å². The van der Waals surface area contributed by atoms with Gasteiger partial charge in [-0.15, -0.1) is 0 Å². The number of hydrogen-bond donors (Lipinski definition) is 2. The van der Waals surface area contributed by atoms with Crippen LogP contribution in [-0.4, -0.2) is 27.6 Å². The highest BCUT2D eigenvalue weighted by Gasteiger charge is 2.23. The van der Waals surface area contributed by atoms with E-state index in [-0.39, 0.29) is 17.7 Å². The van der Waals surface area contributed by atoms with Crippen molar-refractivity contribution >= 4 is 17.5 Å². The smallest absolute Gasteiger partial charge is 0.227 e. The lowest BCUT2D eigenvalue weighted by molar-refractivity contribution is -0.123. The number of nitrogens with zero attached hydrogens (tertiary/aromatic N) is 2. The molecule has 6 heteroatoms. The van der Waals surface area contributed by atoms with Gasteiger partial charge in [-0.05, 0) is 23.6 Å². The number of carbonyl (C=O) groups excluding carboxylic acids is 1. The number of hydrogen-bond acceptors (Lipinski definition) is 3. The number of nitrogens with one attached hydrogen (secondary N) is 2. The molecule has 112 valence electrons. The normalized spacial score (nSPS) is 12.4. The minimum absolute atomic E-state index is 0.0202. The number of halogens is 1. The van der Waals surface area contributed by atoms with Crippen LogP contribution < -0.4 is 5.32 Å². The third kappa shape index (κ3) is 4.29. The standard InChI is InChI=1S/C15H19ClN4O/c1-10(2)14(11-3-5-12(16)6-4-11)15(21)17-8-7-13-18-9-19-20-13/h3-6,9-10,14H,7-8H2,1-2H3,(H,17,21)(H,18,19,20). The minimum Gasteiger partial charge on any atom is -0.355 e. The number of benzene rings is 1. The van der Waals surface area contributed by atoms with E-state index in [1.54, 1.807) is 0 Å². The molecule has 0 saturated heterocycles.